The van der Waals surface area contributed by atoms with Gasteiger partial charge in [-0.2, -0.15) is 0 Å². The monoisotopic (exact) mass is 253 g/mol. The van der Waals surface area contributed by atoms with Crippen molar-refractivity contribution in [3.8, 4) is 0 Å². The summed E-state index contributed by atoms with van der Waals surface area (Å²) in [7, 11) is 4.01. The molecular weight excluding hydrogens is 226 g/mol. The van der Waals surface area contributed by atoms with Crippen molar-refractivity contribution in [1.82, 2.24) is 15.1 Å². The van der Waals surface area contributed by atoms with Gasteiger partial charge in [0.05, 0.1) is 6.54 Å². The summed E-state index contributed by atoms with van der Waals surface area (Å²) in [6.45, 7) is 4.97. The van der Waals surface area contributed by atoms with Gasteiger partial charge in [0.2, 0.25) is 5.91 Å². The van der Waals surface area contributed by atoms with E-state index < -0.39 is 0 Å². The molecule has 0 radical (unpaired) electrons. The maximum Gasteiger partial charge on any atom is 0.236 e. The van der Waals surface area contributed by atoms with E-state index in [9.17, 15) is 4.79 Å². The molecule has 0 aromatic rings. The first kappa shape index (κ1) is 13.8. The molecule has 104 valence electrons. The van der Waals surface area contributed by atoms with E-state index in [1.165, 1.54) is 19.3 Å². The van der Waals surface area contributed by atoms with E-state index in [0.717, 1.165) is 19.5 Å². The Kier molecular flexibility index (Phi) is 4.62. The number of carbonyl (C=O) groups is 1. The van der Waals surface area contributed by atoms with Gasteiger partial charge in [0.15, 0.2) is 0 Å². The number of likely N-dealkylation sites (tertiary alicyclic amines) is 1. The van der Waals surface area contributed by atoms with Crippen LogP contribution in [0.2, 0.25) is 0 Å². The molecule has 4 nitrogen and oxygen atoms in total. The van der Waals surface area contributed by atoms with E-state index in [1.807, 2.05) is 11.9 Å². The van der Waals surface area contributed by atoms with Crippen molar-refractivity contribution < 1.29 is 4.79 Å². The topological polar surface area (TPSA) is 35.6 Å². The summed E-state index contributed by atoms with van der Waals surface area (Å²) in [4.78, 5) is 16.4. The number of piperidine rings is 1. The Hall–Kier alpha value is -0.610. The number of amides is 1. The predicted molar refractivity (Wildman–Crippen MR) is 73.5 cm³/mol. The van der Waals surface area contributed by atoms with Gasteiger partial charge < -0.3 is 10.2 Å². The van der Waals surface area contributed by atoms with Crippen LogP contribution in [-0.2, 0) is 4.79 Å². The highest BCUT2D eigenvalue weighted by Gasteiger charge is 2.32. The van der Waals surface area contributed by atoms with Gasteiger partial charge in [0.25, 0.3) is 0 Å². The highest BCUT2D eigenvalue weighted by atomic mass is 16.2. The van der Waals surface area contributed by atoms with E-state index >= 15 is 0 Å². The van der Waals surface area contributed by atoms with Crippen LogP contribution >= 0.6 is 0 Å². The van der Waals surface area contributed by atoms with E-state index in [4.69, 9.17) is 0 Å². The minimum atomic E-state index is 0.301. The first-order valence-corrected chi connectivity index (χ1v) is 7.31. The van der Waals surface area contributed by atoms with Gasteiger partial charge in [-0.05, 0) is 32.2 Å². The molecule has 1 N–H and O–H groups in total. The largest absolute Gasteiger partial charge is 0.342 e. The number of rotatable bonds is 5. The van der Waals surface area contributed by atoms with Crippen molar-refractivity contribution in [2.24, 2.45) is 5.92 Å². The first-order valence-electron chi connectivity index (χ1n) is 7.31. The van der Waals surface area contributed by atoms with Gasteiger partial charge in [-0.1, -0.05) is 13.3 Å². The lowest BCUT2D eigenvalue weighted by atomic mass is 9.90. The third-order valence-electron chi connectivity index (χ3n) is 4.56. The minimum Gasteiger partial charge on any atom is -0.342 e. The fourth-order valence-electron chi connectivity index (χ4n) is 3.01. The van der Waals surface area contributed by atoms with Crippen molar-refractivity contribution in [3.63, 3.8) is 0 Å². The zero-order valence-electron chi connectivity index (χ0n) is 12.0. The van der Waals surface area contributed by atoms with Crippen molar-refractivity contribution in [2.75, 3.05) is 33.7 Å². The molecule has 1 heterocycles. The standard InChI is InChI=1S/C14H27N3O/c1-4-11-9-17(8-7-13(11)15-2)10-14(18)16(3)12-5-6-12/h11-13,15H,4-10H2,1-3H3. The third kappa shape index (κ3) is 3.23. The Morgan fingerprint density at radius 1 is 1.39 bits per heavy atom. The van der Waals surface area contributed by atoms with Crippen LogP contribution in [0.1, 0.15) is 32.6 Å². The fourth-order valence-corrected chi connectivity index (χ4v) is 3.01. The molecule has 2 aliphatic rings. The molecule has 2 atom stereocenters. The molecule has 1 aliphatic carbocycles. The quantitative estimate of drug-likeness (QED) is 0.791. The van der Waals surface area contributed by atoms with Crippen molar-refractivity contribution in [3.05, 3.63) is 0 Å². The number of hydrogen-bond donors (Lipinski definition) is 1. The number of hydrogen-bond acceptors (Lipinski definition) is 3. The molecule has 0 bridgehead atoms. The molecule has 2 fully saturated rings. The zero-order valence-corrected chi connectivity index (χ0v) is 12.0. The summed E-state index contributed by atoms with van der Waals surface area (Å²) < 4.78 is 0. The van der Waals surface area contributed by atoms with Crippen molar-refractivity contribution in [2.45, 2.75) is 44.7 Å². The third-order valence-corrected chi connectivity index (χ3v) is 4.56. The van der Waals surface area contributed by atoms with Gasteiger partial charge in [-0.3, -0.25) is 9.69 Å². The average Bonchev–Trinajstić information content (AvgIpc) is 3.21. The van der Waals surface area contributed by atoms with Gasteiger partial charge in [0.1, 0.15) is 0 Å². The summed E-state index contributed by atoms with van der Waals surface area (Å²) in [6.07, 6.45) is 4.74. The molecule has 1 aliphatic heterocycles. The van der Waals surface area contributed by atoms with Crippen LogP contribution in [0.4, 0.5) is 0 Å². The second-order valence-electron chi connectivity index (χ2n) is 5.82. The normalized spacial score (nSPS) is 29.3. The second-order valence-corrected chi connectivity index (χ2v) is 5.82. The van der Waals surface area contributed by atoms with Gasteiger partial charge >= 0.3 is 0 Å². The molecule has 0 aromatic carbocycles. The molecule has 2 rings (SSSR count). The maximum atomic E-state index is 12.1. The maximum absolute atomic E-state index is 12.1. The molecule has 1 saturated carbocycles. The highest BCUT2D eigenvalue weighted by Crippen LogP contribution is 2.26. The number of nitrogens with one attached hydrogen (secondary N) is 1. The molecule has 4 heteroatoms. The van der Waals surface area contributed by atoms with Crippen LogP contribution in [0.5, 0.6) is 0 Å². The van der Waals surface area contributed by atoms with Crippen molar-refractivity contribution in [1.29, 1.82) is 0 Å². The Labute approximate surface area is 111 Å². The fraction of sp³-hybridized carbons (Fsp3) is 0.929. The van der Waals surface area contributed by atoms with Crippen LogP contribution < -0.4 is 5.32 Å². The van der Waals surface area contributed by atoms with Crippen LogP contribution in [0.25, 0.3) is 0 Å². The Balaban J connectivity index is 1.81. The van der Waals surface area contributed by atoms with Gasteiger partial charge in [0, 0.05) is 32.2 Å². The van der Waals surface area contributed by atoms with Gasteiger partial charge in [-0.15, -0.1) is 0 Å². The Morgan fingerprint density at radius 2 is 2.11 bits per heavy atom. The smallest absolute Gasteiger partial charge is 0.236 e. The Morgan fingerprint density at radius 3 is 2.67 bits per heavy atom. The number of nitrogens with zero attached hydrogens (tertiary/aromatic N) is 2. The average molecular weight is 253 g/mol. The molecule has 18 heavy (non-hydrogen) atoms. The van der Waals surface area contributed by atoms with Crippen LogP contribution in [0.15, 0.2) is 0 Å². The lowest BCUT2D eigenvalue weighted by Gasteiger charge is -2.38. The van der Waals surface area contributed by atoms with Crippen LogP contribution in [-0.4, -0.2) is 61.5 Å². The Bertz CT molecular complexity index is 291. The van der Waals surface area contributed by atoms with E-state index in [2.05, 4.69) is 24.2 Å². The second kappa shape index (κ2) is 6.02. The minimum absolute atomic E-state index is 0.301. The lowest BCUT2D eigenvalue weighted by molar-refractivity contribution is -0.132. The van der Waals surface area contributed by atoms with E-state index in [0.29, 0.717) is 30.5 Å². The summed E-state index contributed by atoms with van der Waals surface area (Å²) in [5, 5.41) is 3.41. The summed E-state index contributed by atoms with van der Waals surface area (Å²) >= 11 is 0. The molecule has 1 saturated heterocycles. The van der Waals surface area contributed by atoms with E-state index in [-0.39, 0.29) is 0 Å². The highest BCUT2D eigenvalue weighted by molar-refractivity contribution is 5.78. The summed E-state index contributed by atoms with van der Waals surface area (Å²) in [5.41, 5.74) is 0. The number of likely N-dealkylation sites (N-methyl/N-ethyl adjacent to an activating group) is 1. The van der Waals surface area contributed by atoms with Crippen molar-refractivity contribution >= 4 is 5.91 Å². The molecule has 0 spiro atoms. The van der Waals surface area contributed by atoms with Crippen LogP contribution in [0, 0.1) is 5.92 Å². The van der Waals surface area contributed by atoms with E-state index in [1.54, 1.807) is 0 Å². The molecule has 2 unspecified atom stereocenters. The van der Waals surface area contributed by atoms with Crippen LogP contribution in [0.3, 0.4) is 0 Å². The summed E-state index contributed by atoms with van der Waals surface area (Å²) in [6, 6.07) is 1.16. The molecule has 1 amide bonds. The summed E-state index contributed by atoms with van der Waals surface area (Å²) in [5.74, 6) is 0.984. The first-order chi connectivity index (χ1) is 8.65. The number of carbonyl (C=O) groups excluding carboxylic acids is 1. The SMILES string of the molecule is CCC1CN(CC(=O)N(C)C2CC2)CCC1NC. The molecule has 0 aromatic heterocycles. The lowest BCUT2D eigenvalue weighted by Crippen LogP contribution is -2.50. The predicted octanol–water partition coefficient (Wildman–Crippen LogP) is 0.927. The zero-order chi connectivity index (χ0) is 13.1. The van der Waals surface area contributed by atoms with Gasteiger partial charge in [-0.25, -0.2) is 0 Å². The molecular formula is C14H27N3O.